The van der Waals surface area contributed by atoms with Crippen LogP contribution in [0.2, 0.25) is 5.02 Å². The van der Waals surface area contributed by atoms with Gasteiger partial charge in [0.05, 0.1) is 26.5 Å². The number of likely N-dealkylation sites (tertiary alicyclic amines) is 1. The summed E-state index contributed by atoms with van der Waals surface area (Å²) in [5.74, 6) is 0.646. The number of halogens is 2. The van der Waals surface area contributed by atoms with Gasteiger partial charge in [-0.3, -0.25) is 9.59 Å². The predicted octanol–water partition coefficient (Wildman–Crippen LogP) is 5.73. The van der Waals surface area contributed by atoms with E-state index in [9.17, 15) is 9.59 Å². The molecule has 2 aromatic carbocycles. The predicted molar refractivity (Wildman–Crippen MR) is 135 cm³/mol. The van der Waals surface area contributed by atoms with Crippen molar-refractivity contribution >= 4 is 50.7 Å². The standard InChI is InChI=1S/C25H23BrClN3O2S/c1-13-4-3-5-15(8-13)23-22(29-14(2)33-23)25(32)30-12-16-9-18(16)21(30)11-28-24(31)19-10-17(26)6-7-20(19)27/h3-8,10,16,18,21H,9,11-12H2,1-2H3,(H,28,31)/t16-,18-,21+/m0/s1. The molecule has 1 aliphatic carbocycles. The Morgan fingerprint density at radius 1 is 1.24 bits per heavy atom. The molecule has 1 saturated carbocycles. The molecule has 2 fully saturated rings. The number of hydrogen-bond donors (Lipinski definition) is 1. The van der Waals surface area contributed by atoms with Gasteiger partial charge in [0.1, 0.15) is 5.69 Å². The summed E-state index contributed by atoms with van der Waals surface area (Å²) < 4.78 is 0.791. The minimum absolute atomic E-state index is 0.0373. The second-order valence-electron chi connectivity index (χ2n) is 8.80. The third-order valence-corrected chi connectivity index (χ3v) is 8.27. The first kappa shape index (κ1) is 22.6. The minimum Gasteiger partial charge on any atom is -0.350 e. The van der Waals surface area contributed by atoms with Crippen LogP contribution in [0, 0.1) is 25.7 Å². The molecule has 2 amide bonds. The van der Waals surface area contributed by atoms with Gasteiger partial charge in [0.25, 0.3) is 11.8 Å². The van der Waals surface area contributed by atoms with Crippen molar-refractivity contribution in [1.82, 2.24) is 15.2 Å². The van der Waals surface area contributed by atoms with Crippen molar-refractivity contribution < 1.29 is 9.59 Å². The molecule has 170 valence electrons. The third kappa shape index (κ3) is 4.46. The summed E-state index contributed by atoms with van der Waals surface area (Å²) in [6, 6.07) is 13.3. The normalized spacial score (nSPS) is 21.1. The fourth-order valence-corrected chi connectivity index (χ4v) is 6.19. The minimum atomic E-state index is -0.234. The van der Waals surface area contributed by atoms with Gasteiger partial charge in [0, 0.05) is 17.6 Å². The lowest BCUT2D eigenvalue weighted by Crippen LogP contribution is -2.45. The number of piperidine rings is 1. The van der Waals surface area contributed by atoms with E-state index >= 15 is 0 Å². The number of aromatic nitrogens is 1. The first-order valence-electron chi connectivity index (χ1n) is 10.9. The lowest BCUT2D eigenvalue weighted by atomic mass is 10.1. The highest BCUT2D eigenvalue weighted by molar-refractivity contribution is 9.10. The van der Waals surface area contributed by atoms with Gasteiger partial charge in [-0.15, -0.1) is 11.3 Å². The number of thiazole rings is 1. The van der Waals surface area contributed by atoms with Crippen LogP contribution >= 0.6 is 38.9 Å². The Hall–Kier alpha value is -2.22. The molecule has 0 bridgehead atoms. The average molecular weight is 545 g/mol. The molecule has 1 saturated heterocycles. The van der Waals surface area contributed by atoms with Crippen molar-refractivity contribution in [1.29, 1.82) is 0 Å². The Morgan fingerprint density at radius 3 is 2.85 bits per heavy atom. The number of amides is 2. The number of aryl methyl sites for hydroxylation is 2. The molecule has 2 heterocycles. The summed E-state index contributed by atoms with van der Waals surface area (Å²) in [5.41, 5.74) is 3.09. The maximum atomic E-state index is 13.7. The van der Waals surface area contributed by atoms with E-state index in [0.29, 0.717) is 41.2 Å². The molecule has 5 rings (SSSR count). The summed E-state index contributed by atoms with van der Waals surface area (Å²) in [7, 11) is 0. The molecular weight excluding hydrogens is 522 g/mol. The number of nitrogens with zero attached hydrogens (tertiary/aromatic N) is 2. The lowest BCUT2D eigenvalue weighted by Gasteiger charge is -2.27. The van der Waals surface area contributed by atoms with Crippen LogP contribution in [0.4, 0.5) is 0 Å². The van der Waals surface area contributed by atoms with E-state index in [2.05, 4.69) is 32.3 Å². The van der Waals surface area contributed by atoms with Crippen molar-refractivity contribution in [2.24, 2.45) is 11.8 Å². The van der Waals surface area contributed by atoms with Gasteiger partial charge in [-0.2, -0.15) is 0 Å². The van der Waals surface area contributed by atoms with E-state index in [-0.39, 0.29) is 17.9 Å². The summed E-state index contributed by atoms with van der Waals surface area (Å²) >= 11 is 11.2. The highest BCUT2D eigenvalue weighted by atomic mass is 79.9. The van der Waals surface area contributed by atoms with Crippen molar-refractivity contribution in [2.75, 3.05) is 13.1 Å². The molecule has 0 unspecified atom stereocenters. The maximum absolute atomic E-state index is 13.7. The number of rotatable bonds is 5. The molecular formula is C25H23BrClN3O2S. The largest absolute Gasteiger partial charge is 0.350 e. The lowest BCUT2D eigenvalue weighted by molar-refractivity contribution is 0.0690. The van der Waals surface area contributed by atoms with Crippen LogP contribution in [0.25, 0.3) is 10.4 Å². The Bertz CT molecular complexity index is 1260. The Kier molecular flexibility index (Phi) is 6.05. The number of carbonyl (C=O) groups excluding carboxylic acids is 2. The quantitative estimate of drug-likeness (QED) is 0.446. The van der Waals surface area contributed by atoms with E-state index in [4.69, 9.17) is 11.6 Å². The third-order valence-electron chi connectivity index (χ3n) is 6.43. The van der Waals surface area contributed by atoms with Gasteiger partial charge in [-0.25, -0.2) is 4.98 Å². The molecule has 0 radical (unpaired) electrons. The highest BCUT2D eigenvalue weighted by Crippen LogP contribution is 2.50. The van der Waals surface area contributed by atoms with Crippen molar-refractivity contribution in [3.8, 4) is 10.4 Å². The Labute approximate surface area is 210 Å². The highest BCUT2D eigenvalue weighted by Gasteiger charge is 2.54. The number of benzene rings is 2. The van der Waals surface area contributed by atoms with Gasteiger partial charge in [-0.05, 0) is 55.9 Å². The van der Waals surface area contributed by atoms with Gasteiger partial charge < -0.3 is 10.2 Å². The van der Waals surface area contributed by atoms with Crippen LogP contribution in [-0.4, -0.2) is 40.8 Å². The van der Waals surface area contributed by atoms with E-state index in [1.165, 1.54) is 0 Å². The van der Waals surface area contributed by atoms with Gasteiger partial charge in [0.15, 0.2) is 0 Å². The number of hydrogen-bond acceptors (Lipinski definition) is 4. The van der Waals surface area contributed by atoms with E-state index in [1.807, 2.05) is 36.9 Å². The summed E-state index contributed by atoms with van der Waals surface area (Å²) in [5, 5.41) is 4.28. The number of fused-ring (bicyclic) bond motifs is 1. The second kappa shape index (κ2) is 8.85. The molecule has 1 N–H and O–H groups in total. The Morgan fingerprint density at radius 2 is 2.06 bits per heavy atom. The zero-order valence-corrected chi connectivity index (χ0v) is 21.4. The maximum Gasteiger partial charge on any atom is 0.274 e. The van der Waals surface area contributed by atoms with Gasteiger partial charge in [-0.1, -0.05) is 57.4 Å². The van der Waals surface area contributed by atoms with Crippen LogP contribution in [-0.2, 0) is 0 Å². The van der Waals surface area contributed by atoms with Crippen molar-refractivity contribution in [2.45, 2.75) is 26.3 Å². The smallest absolute Gasteiger partial charge is 0.274 e. The topological polar surface area (TPSA) is 62.3 Å². The van der Waals surface area contributed by atoms with Crippen LogP contribution in [0.5, 0.6) is 0 Å². The zero-order valence-electron chi connectivity index (χ0n) is 18.3. The van der Waals surface area contributed by atoms with Crippen LogP contribution in [0.1, 0.15) is 37.8 Å². The monoisotopic (exact) mass is 543 g/mol. The SMILES string of the molecule is Cc1cccc(-c2sc(C)nc2C(=O)N2C[C@@H]3C[C@@H]3[C@H]2CNC(=O)c2cc(Br)ccc2Cl)c1. The molecule has 1 aromatic heterocycles. The van der Waals surface area contributed by atoms with Crippen molar-refractivity contribution in [3.63, 3.8) is 0 Å². The average Bonchev–Trinajstić information content (AvgIpc) is 3.30. The molecule has 0 spiro atoms. The Balaban J connectivity index is 1.36. The molecule has 3 aromatic rings. The van der Waals surface area contributed by atoms with E-state index in [1.54, 1.807) is 29.5 Å². The first-order chi connectivity index (χ1) is 15.8. The first-order valence-corrected chi connectivity index (χ1v) is 12.9. The van der Waals surface area contributed by atoms with Crippen LogP contribution < -0.4 is 5.32 Å². The fourth-order valence-electron chi connectivity index (χ4n) is 4.72. The second-order valence-corrected chi connectivity index (χ2v) is 11.3. The van der Waals surface area contributed by atoms with E-state index < -0.39 is 0 Å². The number of carbonyl (C=O) groups is 2. The summed E-state index contributed by atoms with van der Waals surface area (Å²) in [6.45, 7) is 5.09. The molecule has 3 atom stereocenters. The summed E-state index contributed by atoms with van der Waals surface area (Å²) in [6.07, 6.45) is 1.10. The van der Waals surface area contributed by atoms with E-state index in [0.717, 1.165) is 31.9 Å². The van der Waals surface area contributed by atoms with Gasteiger partial charge >= 0.3 is 0 Å². The number of nitrogens with one attached hydrogen (secondary N) is 1. The van der Waals surface area contributed by atoms with Crippen LogP contribution in [0.3, 0.4) is 0 Å². The van der Waals surface area contributed by atoms with Crippen LogP contribution in [0.15, 0.2) is 46.9 Å². The zero-order chi connectivity index (χ0) is 23.3. The van der Waals surface area contributed by atoms with Gasteiger partial charge in [0.2, 0.25) is 0 Å². The fraction of sp³-hybridized carbons (Fsp3) is 0.320. The molecule has 8 heteroatoms. The summed E-state index contributed by atoms with van der Waals surface area (Å²) in [4.78, 5) is 33.9. The molecule has 33 heavy (non-hydrogen) atoms. The molecule has 5 nitrogen and oxygen atoms in total. The van der Waals surface area contributed by atoms with Crippen molar-refractivity contribution in [3.05, 3.63) is 73.8 Å². The molecule has 2 aliphatic rings. The molecule has 1 aliphatic heterocycles.